The maximum atomic E-state index is 12.8. The number of carbonyl (C=O) groups is 1. The summed E-state index contributed by atoms with van der Waals surface area (Å²) in [5.74, 6) is -1.64. The van der Waals surface area contributed by atoms with E-state index in [4.69, 9.17) is 0 Å². The Morgan fingerprint density at radius 1 is 1.24 bits per heavy atom. The molecular formula is C15H17BrF3NO. The Hall–Kier alpha value is -1.04. The highest BCUT2D eigenvalue weighted by Gasteiger charge is 2.43. The molecule has 0 unspecified atom stereocenters. The number of anilines is 1. The first kappa shape index (κ1) is 16.3. The van der Waals surface area contributed by atoms with Crippen LogP contribution in [0.2, 0.25) is 0 Å². The van der Waals surface area contributed by atoms with Crippen molar-refractivity contribution in [2.24, 2.45) is 5.92 Å². The Kier molecular flexibility index (Phi) is 5.30. The molecule has 1 aliphatic rings. The van der Waals surface area contributed by atoms with E-state index in [1.165, 1.54) is 6.07 Å². The SMILES string of the molecule is O=C(N(CC1CCCCC1)c1cccc(Br)c1)C(F)(F)F. The molecule has 1 aliphatic carbocycles. The van der Waals surface area contributed by atoms with Crippen LogP contribution in [-0.4, -0.2) is 18.6 Å². The molecule has 0 saturated heterocycles. The minimum atomic E-state index is -4.85. The summed E-state index contributed by atoms with van der Waals surface area (Å²) in [6.45, 7) is 0.134. The lowest BCUT2D eigenvalue weighted by Gasteiger charge is -2.30. The van der Waals surface area contributed by atoms with Crippen LogP contribution < -0.4 is 4.90 Å². The van der Waals surface area contributed by atoms with E-state index >= 15 is 0 Å². The Morgan fingerprint density at radius 3 is 2.48 bits per heavy atom. The third kappa shape index (κ3) is 4.46. The first-order valence-electron chi connectivity index (χ1n) is 7.02. The lowest BCUT2D eigenvalue weighted by molar-refractivity contribution is -0.170. The van der Waals surface area contributed by atoms with E-state index in [-0.39, 0.29) is 18.2 Å². The first-order chi connectivity index (χ1) is 9.88. The molecule has 0 bridgehead atoms. The van der Waals surface area contributed by atoms with Gasteiger partial charge in [0.15, 0.2) is 0 Å². The highest BCUT2D eigenvalue weighted by Crippen LogP contribution is 2.30. The summed E-state index contributed by atoms with van der Waals surface area (Å²) < 4.78 is 39.2. The highest BCUT2D eigenvalue weighted by molar-refractivity contribution is 9.10. The van der Waals surface area contributed by atoms with Crippen molar-refractivity contribution in [1.82, 2.24) is 0 Å². The molecule has 1 aromatic carbocycles. The van der Waals surface area contributed by atoms with E-state index < -0.39 is 12.1 Å². The maximum Gasteiger partial charge on any atom is 0.471 e. The van der Waals surface area contributed by atoms with Crippen molar-refractivity contribution in [3.05, 3.63) is 28.7 Å². The molecule has 0 aromatic heterocycles. The average molecular weight is 364 g/mol. The smallest absolute Gasteiger partial charge is 0.304 e. The van der Waals surface area contributed by atoms with Crippen molar-refractivity contribution in [2.75, 3.05) is 11.4 Å². The third-order valence-electron chi connectivity index (χ3n) is 3.77. The number of benzene rings is 1. The second kappa shape index (κ2) is 6.81. The predicted molar refractivity (Wildman–Crippen MR) is 79.1 cm³/mol. The summed E-state index contributed by atoms with van der Waals surface area (Å²) in [5, 5.41) is 0. The van der Waals surface area contributed by atoms with Crippen LogP contribution in [0.3, 0.4) is 0 Å². The summed E-state index contributed by atoms with van der Waals surface area (Å²) in [7, 11) is 0. The van der Waals surface area contributed by atoms with Crippen LogP contribution in [0, 0.1) is 5.92 Å². The molecule has 0 aliphatic heterocycles. The maximum absolute atomic E-state index is 12.8. The van der Waals surface area contributed by atoms with E-state index in [0.717, 1.165) is 37.0 Å². The Morgan fingerprint density at radius 2 is 1.90 bits per heavy atom. The van der Waals surface area contributed by atoms with Crippen LogP contribution in [0.1, 0.15) is 32.1 Å². The van der Waals surface area contributed by atoms with Crippen molar-refractivity contribution >= 4 is 27.5 Å². The number of alkyl halides is 3. The van der Waals surface area contributed by atoms with Crippen LogP contribution in [0.15, 0.2) is 28.7 Å². The molecule has 2 nitrogen and oxygen atoms in total. The predicted octanol–water partition coefficient (Wildman–Crippen LogP) is 4.92. The average Bonchev–Trinajstić information content (AvgIpc) is 2.44. The van der Waals surface area contributed by atoms with Gasteiger partial charge in [0, 0.05) is 16.7 Å². The summed E-state index contributed by atoms with van der Waals surface area (Å²) >= 11 is 3.24. The fraction of sp³-hybridized carbons (Fsp3) is 0.533. The molecule has 0 N–H and O–H groups in total. The van der Waals surface area contributed by atoms with Crippen molar-refractivity contribution < 1.29 is 18.0 Å². The van der Waals surface area contributed by atoms with Gasteiger partial charge >= 0.3 is 12.1 Å². The molecule has 6 heteroatoms. The van der Waals surface area contributed by atoms with Crippen molar-refractivity contribution in [1.29, 1.82) is 0 Å². The molecule has 0 heterocycles. The van der Waals surface area contributed by atoms with Gasteiger partial charge in [-0.15, -0.1) is 0 Å². The van der Waals surface area contributed by atoms with Crippen LogP contribution in [-0.2, 0) is 4.79 Å². The van der Waals surface area contributed by atoms with Gasteiger partial charge in [-0.25, -0.2) is 0 Å². The van der Waals surface area contributed by atoms with Gasteiger partial charge in [-0.2, -0.15) is 13.2 Å². The summed E-state index contributed by atoms with van der Waals surface area (Å²) in [6.07, 6.45) is 0.0945. The number of hydrogen-bond acceptors (Lipinski definition) is 1. The van der Waals surface area contributed by atoms with E-state index in [1.54, 1.807) is 18.2 Å². The van der Waals surface area contributed by atoms with E-state index in [0.29, 0.717) is 4.47 Å². The second-order valence-corrected chi connectivity index (χ2v) is 6.31. The van der Waals surface area contributed by atoms with Crippen LogP contribution >= 0.6 is 15.9 Å². The largest absolute Gasteiger partial charge is 0.471 e. The molecule has 21 heavy (non-hydrogen) atoms. The van der Waals surface area contributed by atoms with Gasteiger partial charge in [0.25, 0.3) is 0 Å². The second-order valence-electron chi connectivity index (χ2n) is 5.40. The summed E-state index contributed by atoms with van der Waals surface area (Å²) in [5.41, 5.74) is 0.289. The van der Waals surface area contributed by atoms with Crippen LogP contribution in [0.4, 0.5) is 18.9 Å². The Labute approximate surface area is 130 Å². The molecule has 1 amide bonds. The third-order valence-corrected chi connectivity index (χ3v) is 4.27. The standard InChI is InChI=1S/C15H17BrF3NO/c16-12-7-4-8-13(9-12)20(14(21)15(17,18)19)10-11-5-2-1-3-6-11/h4,7-9,11H,1-3,5-6,10H2. The zero-order valence-corrected chi connectivity index (χ0v) is 13.1. The number of halogens is 4. The molecule has 0 radical (unpaired) electrons. The highest BCUT2D eigenvalue weighted by atomic mass is 79.9. The van der Waals surface area contributed by atoms with Crippen LogP contribution in [0.5, 0.6) is 0 Å². The number of hydrogen-bond donors (Lipinski definition) is 0. The van der Waals surface area contributed by atoms with Crippen LogP contribution in [0.25, 0.3) is 0 Å². The van der Waals surface area contributed by atoms with Gasteiger partial charge in [0.05, 0.1) is 0 Å². The van der Waals surface area contributed by atoms with Gasteiger partial charge < -0.3 is 4.90 Å². The van der Waals surface area contributed by atoms with E-state index in [2.05, 4.69) is 15.9 Å². The number of nitrogens with zero attached hydrogens (tertiary/aromatic N) is 1. The van der Waals surface area contributed by atoms with Gasteiger partial charge in [0.1, 0.15) is 0 Å². The molecule has 1 fully saturated rings. The molecule has 1 aromatic rings. The summed E-state index contributed by atoms with van der Waals surface area (Å²) in [6, 6.07) is 6.45. The minimum absolute atomic E-state index is 0.134. The zero-order valence-electron chi connectivity index (χ0n) is 11.5. The normalized spacial score (nSPS) is 16.8. The lowest BCUT2D eigenvalue weighted by Crippen LogP contribution is -2.44. The quantitative estimate of drug-likeness (QED) is 0.745. The van der Waals surface area contributed by atoms with Crippen molar-refractivity contribution in [2.45, 2.75) is 38.3 Å². The molecule has 0 atom stereocenters. The number of rotatable bonds is 3. The summed E-state index contributed by atoms with van der Waals surface area (Å²) in [4.78, 5) is 12.6. The van der Waals surface area contributed by atoms with Gasteiger partial charge in [-0.3, -0.25) is 4.79 Å². The van der Waals surface area contributed by atoms with Crippen molar-refractivity contribution in [3.63, 3.8) is 0 Å². The zero-order chi connectivity index (χ0) is 15.5. The van der Waals surface area contributed by atoms with E-state index in [9.17, 15) is 18.0 Å². The monoisotopic (exact) mass is 363 g/mol. The lowest BCUT2D eigenvalue weighted by atomic mass is 9.89. The molecule has 1 saturated carbocycles. The fourth-order valence-corrected chi connectivity index (χ4v) is 3.12. The molecular weight excluding hydrogens is 347 g/mol. The number of amides is 1. The van der Waals surface area contributed by atoms with E-state index in [1.807, 2.05) is 0 Å². The molecule has 0 spiro atoms. The molecule has 2 rings (SSSR count). The van der Waals surface area contributed by atoms with Gasteiger partial charge in [-0.05, 0) is 37.0 Å². The van der Waals surface area contributed by atoms with Gasteiger partial charge in [-0.1, -0.05) is 41.3 Å². The van der Waals surface area contributed by atoms with Crippen molar-refractivity contribution in [3.8, 4) is 0 Å². The Bertz CT molecular complexity index is 498. The number of carbonyl (C=O) groups excluding carboxylic acids is 1. The molecule has 116 valence electrons. The van der Waals surface area contributed by atoms with Gasteiger partial charge in [0.2, 0.25) is 0 Å². The fourth-order valence-electron chi connectivity index (χ4n) is 2.73. The first-order valence-corrected chi connectivity index (χ1v) is 7.81. The minimum Gasteiger partial charge on any atom is -0.304 e. The Balaban J connectivity index is 2.23. The topological polar surface area (TPSA) is 20.3 Å².